The maximum absolute atomic E-state index is 13.4. The first-order valence-corrected chi connectivity index (χ1v) is 12.2. The van der Waals surface area contributed by atoms with Crippen LogP contribution in [-0.4, -0.2) is 34.2 Å². The van der Waals surface area contributed by atoms with Crippen LogP contribution in [0.15, 0.2) is 60.0 Å². The molecule has 1 aromatic heterocycles. The topological polar surface area (TPSA) is 40.6 Å². The van der Waals surface area contributed by atoms with Crippen molar-refractivity contribution < 1.29 is 14.0 Å². The molecule has 0 aliphatic rings. The van der Waals surface area contributed by atoms with Gasteiger partial charge in [-0.15, -0.1) is 11.3 Å². The number of benzene rings is 2. The van der Waals surface area contributed by atoms with Crippen molar-refractivity contribution in [2.45, 2.75) is 39.4 Å². The van der Waals surface area contributed by atoms with Gasteiger partial charge < -0.3 is 9.80 Å². The Hall–Kier alpha value is -2.41. The average molecular weight is 507 g/mol. The molecule has 0 saturated heterocycles. The zero-order valence-corrected chi connectivity index (χ0v) is 20.8. The maximum Gasteiger partial charge on any atom is 0.254 e. The second-order valence-electron chi connectivity index (χ2n) is 7.77. The molecule has 33 heavy (non-hydrogen) atoms. The molecular formula is C25H25Cl2FN2O2S. The Morgan fingerprint density at radius 1 is 1.03 bits per heavy atom. The van der Waals surface area contributed by atoms with Gasteiger partial charge in [-0.25, -0.2) is 4.39 Å². The lowest BCUT2D eigenvalue weighted by Gasteiger charge is -2.31. The highest BCUT2D eigenvalue weighted by molar-refractivity contribution is 7.09. The molecule has 0 radical (unpaired) electrons. The van der Waals surface area contributed by atoms with Gasteiger partial charge in [-0.05, 0) is 60.7 Å². The van der Waals surface area contributed by atoms with Gasteiger partial charge in [-0.3, -0.25) is 9.59 Å². The highest BCUT2D eigenvalue weighted by Crippen LogP contribution is 2.24. The van der Waals surface area contributed by atoms with Crippen LogP contribution in [0.3, 0.4) is 0 Å². The van der Waals surface area contributed by atoms with Crippen molar-refractivity contribution in [2.24, 2.45) is 0 Å². The molecule has 0 saturated carbocycles. The molecule has 0 aliphatic heterocycles. The van der Waals surface area contributed by atoms with E-state index < -0.39 is 0 Å². The van der Waals surface area contributed by atoms with E-state index in [1.165, 1.54) is 18.2 Å². The molecule has 0 fully saturated rings. The minimum Gasteiger partial charge on any atom is -0.332 e. The third-order valence-corrected chi connectivity index (χ3v) is 7.02. The zero-order valence-electron chi connectivity index (χ0n) is 18.4. The minimum absolute atomic E-state index is 0.0827. The number of nitrogens with zero attached hydrogens (tertiary/aromatic N) is 2. The molecule has 2 amide bonds. The van der Waals surface area contributed by atoms with Crippen molar-refractivity contribution in [3.63, 3.8) is 0 Å². The third-order valence-electron chi connectivity index (χ3n) is 5.42. The second-order valence-corrected chi connectivity index (χ2v) is 9.62. The molecule has 3 rings (SSSR count). The van der Waals surface area contributed by atoms with Crippen molar-refractivity contribution in [3.05, 3.63) is 91.8 Å². The zero-order chi connectivity index (χ0) is 24.0. The molecule has 3 aromatic rings. The van der Waals surface area contributed by atoms with E-state index in [9.17, 15) is 14.0 Å². The summed E-state index contributed by atoms with van der Waals surface area (Å²) in [5.41, 5.74) is 1.19. The summed E-state index contributed by atoms with van der Waals surface area (Å²) < 4.78 is 13.4. The van der Waals surface area contributed by atoms with Crippen LogP contribution in [0.5, 0.6) is 0 Å². The van der Waals surface area contributed by atoms with Crippen LogP contribution in [-0.2, 0) is 17.9 Å². The maximum atomic E-state index is 13.4. The highest BCUT2D eigenvalue weighted by atomic mass is 35.5. The molecule has 0 aliphatic carbocycles. The molecule has 1 unspecified atom stereocenters. The summed E-state index contributed by atoms with van der Waals surface area (Å²) >= 11 is 13.7. The summed E-state index contributed by atoms with van der Waals surface area (Å²) in [5, 5.41) is 2.60. The number of carbonyl (C=O) groups is 2. The van der Waals surface area contributed by atoms with Crippen molar-refractivity contribution in [1.82, 2.24) is 9.80 Å². The molecule has 174 valence electrons. The largest absolute Gasteiger partial charge is 0.332 e. The molecule has 1 atom stereocenters. The van der Waals surface area contributed by atoms with E-state index in [1.54, 1.807) is 45.4 Å². The number of thiophene rings is 1. The van der Waals surface area contributed by atoms with E-state index in [2.05, 4.69) is 0 Å². The Balaban J connectivity index is 1.84. The number of rotatable bonds is 9. The fourth-order valence-electron chi connectivity index (χ4n) is 3.32. The van der Waals surface area contributed by atoms with Gasteiger partial charge in [0.25, 0.3) is 5.91 Å². The average Bonchev–Trinajstić information content (AvgIpc) is 3.32. The van der Waals surface area contributed by atoms with Gasteiger partial charge in [0, 0.05) is 23.0 Å². The predicted molar refractivity (Wildman–Crippen MR) is 132 cm³/mol. The normalized spacial score (nSPS) is 11.8. The summed E-state index contributed by atoms with van der Waals surface area (Å²) in [7, 11) is 0. The molecule has 4 nitrogen and oxygen atoms in total. The van der Waals surface area contributed by atoms with E-state index in [1.807, 2.05) is 31.4 Å². The number of carbonyl (C=O) groups excluding carboxylic acids is 2. The van der Waals surface area contributed by atoms with Gasteiger partial charge in [-0.1, -0.05) is 48.3 Å². The van der Waals surface area contributed by atoms with E-state index in [-0.39, 0.29) is 35.2 Å². The fraction of sp³-hybridized carbons (Fsp3) is 0.280. The molecule has 2 aromatic carbocycles. The summed E-state index contributed by atoms with van der Waals surface area (Å²) in [6.45, 7) is 4.51. The molecular weight excluding hydrogens is 482 g/mol. The van der Waals surface area contributed by atoms with Gasteiger partial charge in [0.2, 0.25) is 5.91 Å². The van der Waals surface area contributed by atoms with Crippen molar-refractivity contribution in [2.75, 3.05) is 6.54 Å². The highest BCUT2D eigenvalue weighted by Gasteiger charge is 2.26. The van der Waals surface area contributed by atoms with Crippen LogP contribution in [0.1, 0.15) is 41.1 Å². The van der Waals surface area contributed by atoms with Crippen LogP contribution >= 0.6 is 34.5 Å². The van der Waals surface area contributed by atoms with E-state index in [0.717, 1.165) is 10.4 Å². The fourth-order valence-corrected chi connectivity index (χ4v) is 4.34. The van der Waals surface area contributed by atoms with Crippen LogP contribution in [0.4, 0.5) is 4.39 Å². The van der Waals surface area contributed by atoms with Crippen molar-refractivity contribution in [1.29, 1.82) is 0 Å². The van der Waals surface area contributed by atoms with E-state index >= 15 is 0 Å². The Morgan fingerprint density at radius 2 is 1.76 bits per heavy atom. The number of hydrogen-bond acceptors (Lipinski definition) is 3. The van der Waals surface area contributed by atoms with Crippen LogP contribution in [0.2, 0.25) is 10.0 Å². The Bertz CT molecular complexity index is 1090. The van der Waals surface area contributed by atoms with Crippen LogP contribution in [0, 0.1) is 5.82 Å². The van der Waals surface area contributed by atoms with E-state index in [4.69, 9.17) is 23.2 Å². The van der Waals surface area contributed by atoms with Gasteiger partial charge in [-0.2, -0.15) is 0 Å². The van der Waals surface area contributed by atoms with Gasteiger partial charge in [0.1, 0.15) is 12.4 Å². The first-order chi connectivity index (χ1) is 15.8. The Morgan fingerprint density at radius 3 is 2.36 bits per heavy atom. The molecule has 0 bridgehead atoms. The molecule has 8 heteroatoms. The standard InChI is InChI=1S/C25H25Cl2FN2O2S/c1-3-17(2)30(25(32)19-8-11-22(26)23(27)13-19)16-24(31)29(15-21-5-4-12-33-21)14-18-6-9-20(28)10-7-18/h4-13,17H,3,14-16H2,1-2H3. The SMILES string of the molecule is CCC(C)N(CC(=O)N(Cc1ccc(F)cc1)Cc1cccs1)C(=O)c1ccc(Cl)c(Cl)c1. The van der Waals surface area contributed by atoms with E-state index in [0.29, 0.717) is 30.1 Å². The number of halogens is 3. The van der Waals surface area contributed by atoms with Crippen LogP contribution in [0.25, 0.3) is 0 Å². The minimum atomic E-state index is -0.329. The number of hydrogen-bond donors (Lipinski definition) is 0. The summed E-state index contributed by atoms with van der Waals surface area (Å²) in [4.78, 5) is 31.0. The molecule has 0 N–H and O–H groups in total. The van der Waals surface area contributed by atoms with Crippen molar-refractivity contribution in [3.8, 4) is 0 Å². The molecule has 0 spiro atoms. The van der Waals surface area contributed by atoms with Gasteiger partial charge >= 0.3 is 0 Å². The summed E-state index contributed by atoms with van der Waals surface area (Å²) in [5.74, 6) is -0.805. The lowest BCUT2D eigenvalue weighted by molar-refractivity contribution is -0.133. The molecule has 1 heterocycles. The third kappa shape index (κ3) is 6.79. The predicted octanol–water partition coefficient (Wildman–Crippen LogP) is 6.66. The lowest BCUT2D eigenvalue weighted by Crippen LogP contribution is -2.46. The lowest BCUT2D eigenvalue weighted by atomic mass is 10.1. The summed E-state index contributed by atoms with van der Waals surface area (Å²) in [6, 6.07) is 14.5. The van der Waals surface area contributed by atoms with Gasteiger partial charge in [0.15, 0.2) is 0 Å². The first-order valence-electron chi connectivity index (χ1n) is 10.6. The Kier molecular flexibility index (Phi) is 8.89. The monoisotopic (exact) mass is 506 g/mol. The Labute approximate surface area is 207 Å². The second kappa shape index (κ2) is 11.6. The van der Waals surface area contributed by atoms with Gasteiger partial charge in [0.05, 0.1) is 16.6 Å². The van der Waals surface area contributed by atoms with Crippen molar-refractivity contribution >= 4 is 46.4 Å². The number of amides is 2. The first kappa shape index (κ1) is 25.2. The van der Waals surface area contributed by atoms with Crippen LogP contribution < -0.4 is 0 Å². The summed E-state index contributed by atoms with van der Waals surface area (Å²) in [6.07, 6.45) is 0.684. The quantitative estimate of drug-likeness (QED) is 0.325. The smallest absolute Gasteiger partial charge is 0.254 e.